The molecule has 0 saturated heterocycles. The number of aromatic nitrogens is 2. The van der Waals surface area contributed by atoms with Gasteiger partial charge >= 0.3 is 5.97 Å². The van der Waals surface area contributed by atoms with Gasteiger partial charge in [-0.1, -0.05) is 30.3 Å². The molecule has 0 amide bonds. The van der Waals surface area contributed by atoms with Gasteiger partial charge in [-0.05, 0) is 33.3 Å². The molecule has 0 bridgehead atoms. The zero-order chi connectivity index (χ0) is 17.6. The summed E-state index contributed by atoms with van der Waals surface area (Å²) in [5.74, 6) is -0.664. The van der Waals surface area contributed by atoms with E-state index < -0.39 is 11.5 Å². The summed E-state index contributed by atoms with van der Waals surface area (Å²) in [7, 11) is 0. The molecular weight excluding hydrogens is 324 g/mol. The number of aryl methyl sites for hydroxylation is 2. The van der Waals surface area contributed by atoms with E-state index in [1.807, 2.05) is 37.3 Å². The van der Waals surface area contributed by atoms with Crippen molar-refractivity contribution < 1.29 is 9.90 Å². The maximum absolute atomic E-state index is 13.2. The molecule has 2 heterocycles. The van der Waals surface area contributed by atoms with E-state index in [1.54, 1.807) is 6.92 Å². The van der Waals surface area contributed by atoms with Gasteiger partial charge in [-0.25, -0.2) is 9.78 Å². The van der Waals surface area contributed by atoms with Crippen LogP contribution in [0.1, 0.15) is 24.5 Å². The molecule has 2 aromatic heterocycles. The molecule has 24 heavy (non-hydrogen) atoms. The van der Waals surface area contributed by atoms with Crippen LogP contribution in [-0.2, 0) is 10.3 Å². The summed E-state index contributed by atoms with van der Waals surface area (Å²) >= 11 is 1.46. The van der Waals surface area contributed by atoms with Gasteiger partial charge in [0, 0.05) is 10.4 Å². The topological polar surface area (TPSA) is 72.2 Å². The first-order valence-corrected chi connectivity index (χ1v) is 8.39. The van der Waals surface area contributed by atoms with Gasteiger partial charge < -0.3 is 5.11 Å². The van der Waals surface area contributed by atoms with E-state index in [0.29, 0.717) is 16.0 Å². The second-order valence-electron chi connectivity index (χ2n) is 6.24. The summed E-state index contributed by atoms with van der Waals surface area (Å²) in [4.78, 5) is 31.0. The molecule has 0 radical (unpaired) electrons. The fourth-order valence-corrected chi connectivity index (χ4v) is 4.05. The van der Waals surface area contributed by atoms with Gasteiger partial charge in [0.1, 0.15) is 16.2 Å². The molecule has 124 valence electrons. The lowest BCUT2D eigenvalue weighted by Crippen LogP contribution is -2.44. The van der Waals surface area contributed by atoms with Crippen LogP contribution in [0.25, 0.3) is 21.3 Å². The van der Waals surface area contributed by atoms with E-state index in [2.05, 4.69) is 4.98 Å². The van der Waals surface area contributed by atoms with Crippen molar-refractivity contribution in [2.24, 2.45) is 0 Å². The molecule has 3 aromatic rings. The van der Waals surface area contributed by atoms with Crippen LogP contribution in [0.3, 0.4) is 0 Å². The Morgan fingerprint density at radius 3 is 2.42 bits per heavy atom. The lowest BCUT2D eigenvalue weighted by Gasteiger charge is -2.24. The number of fused-ring (bicyclic) bond motifs is 1. The lowest BCUT2D eigenvalue weighted by atomic mass is 10.0. The molecule has 0 unspecified atom stereocenters. The lowest BCUT2D eigenvalue weighted by molar-refractivity contribution is -0.145. The first kappa shape index (κ1) is 16.4. The Bertz CT molecular complexity index is 1000. The minimum Gasteiger partial charge on any atom is -0.480 e. The SMILES string of the molecule is Cc1sc2nc(C)n(C(C)(C)C(=O)O)c(=O)c2c1-c1ccccc1. The van der Waals surface area contributed by atoms with Gasteiger partial charge in [-0.2, -0.15) is 0 Å². The van der Waals surface area contributed by atoms with Gasteiger partial charge in [-0.15, -0.1) is 11.3 Å². The maximum atomic E-state index is 13.2. The van der Waals surface area contributed by atoms with E-state index in [9.17, 15) is 14.7 Å². The quantitative estimate of drug-likeness (QED) is 0.790. The summed E-state index contributed by atoms with van der Waals surface area (Å²) in [6.45, 7) is 6.65. The normalized spacial score (nSPS) is 11.8. The molecule has 3 rings (SSSR count). The molecule has 1 aromatic carbocycles. The van der Waals surface area contributed by atoms with Crippen LogP contribution in [0.2, 0.25) is 0 Å². The van der Waals surface area contributed by atoms with Crippen molar-refractivity contribution >= 4 is 27.5 Å². The molecule has 0 aliphatic carbocycles. The van der Waals surface area contributed by atoms with Crippen molar-refractivity contribution in [3.63, 3.8) is 0 Å². The summed E-state index contributed by atoms with van der Waals surface area (Å²) in [6.07, 6.45) is 0. The highest BCUT2D eigenvalue weighted by Crippen LogP contribution is 2.36. The molecule has 6 heteroatoms. The standard InChI is InChI=1S/C18H18N2O3S/c1-10-13(12-8-6-5-7-9-12)14-15(24-10)19-11(2)20(16(14)21)18(3,4)17(22)23/h5-9H,1-4H3,(H,22,23). The van der Waals surface area contributed by atoms with Gasteiger partial charge in [0.25, 0.3) is 5.56 Å². The zero-order valence-electron chi connectivity index (χ0n) is 14.0. The number of carboxylic acid groups (broad SMARTS) is 1. The molecular formula is C18H18N2O3S. The largest absolute Gasteiger partial charge is 0.480 e. The molecule has 5 nitrogen and oxygen atoms in total. The van der Waals surface area contributed by atoms with Crippen molar-refractivity contribution in [2.75, 3.05) is 0 Å². The highest BCUT2D eigenvalue weighted by Gasteiger charge is 2.33. The van der Waals surface area contributed by atoms with Gasteiger partial charge in [0.05, 0.1) is 5.39 Å². The number of carbonyl (C=O) groups is 1. The van der Waals surface area contributed by atoms with Crippen LogP contribution in [0.4, 0.5) is 0 Å². The summed E-state index contributed by atoms with van der Waals surface area (Å²) in [5, 5.41) is 10.0. The minimum absolute atomic E-state index is 0.312. The number of carboxylic acids is 1. The molecule has 0 saturated carbocycles. The molecule has 0 spiro atoms. The first-order valence-electron chi connectivity index (χ1n) is 7.57. The third kappa shape index (κ3) is 2.34. The zero-order valence-corrected chi connectivity index (χ0v) is 14.8. The number of rotatable bonds is 3. The van der Waals surface area contributed by atoms with Crippen LogP contribution >= 0.6 is 11.3 Å². The van der Waals surface area contributed by atoms with Crippen LogP contribution in [0, 0.1) is 13.8 Å². The second-order valence-corrected chi connectivity index (χ2v) is 7.45. The van der Waals surface area contributed by atoms with Crippen molar-refractivity contribution in [2.45, 2.75) is 33.2 Å². The van der Waals surface area contributed by atoms with E-state index >= 15 is 0 Å². The van der Waals surface area contributed by atoms with E-state index in [4.69, 9.17) is 0 Å². The molecule has 0 aliphatic heterocycles. The van der Waals surface area contributed by atoms with E-state index in [0.717, 1.165) is 16.0 Å². The highest BCUT2D eigenvalue weighted by molar-refractivity contribution is 7.19. The first-order chi connectivity index (χ1) is 11.2. The Morgan fingerprint density at radius 1 is 1.21 bits per heavy atom. The molecule has 0 fully saturated rings. The number of nitrogens with zero attached hydrogens (tertiary/aromatic N) is 2. The third-order valence-corrected chi connectivity index (χ3v) is 5.21. The van der Waals surface area contributed by atoms with Crippen molar-refractivity contribution in [3.8, 4) is 11.1 Å². The van der Waals surface area contributed by atoms with Crippen molar-refractivity contribution in [3.05, 3.63) is 51.4 Å². The Labute approximate surface area is 143 Å². The number of benzene rings is 1. The van der Waals surface area contributed by atoms with Crippen LogP contribution < -0.4 is 5.56 Å². The number of hydrogen-bond donors (Lipinski definition) is 1. The summed E-state index contributed by atoms with van der Waals surface area (Å²) in [6, 6.07) is 9.64. The molecule has 0 atom stereocenters. The predicted octanol–water partition coefficient (Wildman–Crippen LogP) is 3.56. The smallest absolute Gasteiger partial charge is 0.329 e. The van der Waals surface area contributed by atoms with Crippen LogP contribution in [0.15, 0.2) is 35.1 Å². The van der Waals surface area contributed by atoms with Crippen LogP contribution in [0.5, 0.6) is 0 Å². The number of aliphatic carboxylic acids is 1. The fourth-order valence-electron chi connectivity index (χ4n) is 2.97. The Kier molecular flexibility index (Phi) is 3.80. The fraction of sp³-hybridized carbons (Fsp3) is 0.278. The van der Waals surface area contributed by atoms with Gasteiger partial charge in [0.2, 0.25) is 0 Å². The highest BCUT2D eigenvalue weighted by atomic mass is 32.1. The number of thiophene rings is 1. The minimum atomic E-state index is -1.37. The maximum Gasteiger partial charge on any atom is 0.329 e. The predicted molar refractivity (Wildman–Crippen MR) is 95.7 cm³/mol. The van der Waals surface area contributed by atoms with E-state index in [-0.39, 0.29) is 5.56 Å². The van der Waals surface area contributed by atoms with Crippen molar-refractivity contribution in [1.82, 2.24) is 9.55 Å². The third-order valence-electron chi connectivity index (χ3n) is 4.21. The van der Waals surface area contributed by atoms with Crippen LogP contribution in [-0.4, -0.2) is 20.6 Å². The summed E-state index contributed by atoms with van der Waals surface area (Å²) < 4.78 is 1.27. The number of hydrogen-bond acceptors (Lipinski definition) is 4. The van der Waals surface area contributed by atoms with Crippen molar-refractivity contribution in [1.29, 1.82) is 0 Å². The Hall–Kier alpha value is -2.47. The molecule has 1 N–H and O–H groups in total. The van der Waals surface area contributed by atoms with E-state index in [1.165, 1.54) is 29.8 Å². The van der Waals surface area contributed by atoms with Gasteiger partial charge in [0.15, 0.2) is 0 Å². The van der Waals surface area contributed by atoms with Gasteiger partial charge in [-0.3, -0.25) is 9.36 Å². The monoisotopic (exact) mass is 342 g/mol. The average molecular weight is 342 g/mol. The Balaban J connectivity index is 2.45. The summed E-state index contributed by atoms with van der Waals surface area (Å²) in [5.41, 5.74) is 0.0893. The molecule has 0 aliphatic rings. The average Bonchev–Trinajstić information content (AvgIpc) is 2.83. The second kappa shape index (κ2) is 5.56. The Morgan fingerprint density at radius 2 is 1.83 bits per heavy atom.